The molecule has 0 fully saturated rings. The number of carbonyl (C=O) groups is 3. The van der Waals surface area contributed by atoms with E-state index in [9.17, 15) is 14.4 Å². The number of hydrogen-bond donors (Lipinski definition) is 2. The summed E-state index contributed by atoms with van der Waals surface area (Å²) in [7, 11) is 1.47. The van der Waals surface area contributed by atoms with Gasteiger partial charge in [0.05, 0.1) is 12.8 Å². The van der Waals surface area contributed by atoms with E-state index in [1.54, 1.807) is 67.6 Å². The van der Waals surface area contributed by atoms with Gasteiger partial charge in [-0.2, -0.15) is 5.10 Å². The van der Waals surface area contributed by atoms with Crippen molar-refractivity contribution >= 4 is 29.2 Å². The molecule has 0 aromatic heterocycles. The minimum Gasteiger partial charge on any atom is -0.496 e. The Balaban J connectivity index is 1.70. The molecule has 0 aliphatic heterocycles. The van der Waals surface area contributed by atoms with E-state index in [2.05, 4.69) is 15.8 Å². The third kappa shape index (κ3) is 6.04. The van der Waals surface area contributed by atoms with Crippen LogP contribution in [0.5, 0.6) is 11.5 Å². The molecule has 3 aromatic carbocycles. The molecule has 0 spiro atoms. The summed E-state index contributed by atoms with van der Waals surface area (Å²) in [4.78, 5) is 36.9. The largest absolute Gasteiger partial charge is 0.496 e. The van der Waals surface area contributed by atoms with Gasteiger partial charge >= 0.3 is 17.8 Å². The highest BCUT2D eigenvalue weighted by Crippen LogP contribution is 2.23. The summed E-state index contributed by atoms with van der Waals surface area (Å²) in [5.41, 5.74) is 4.83. The van der Waals surface area contributed by atoms with Crippen LogP contribution < -0.4 is 20.2 Å². The van der Waals surface area contributed by atoms with Crippen molar-refractivity contribution in [3.8, 4) is 11.5 Å². The van der Waals surface area contributed by atoms with E-state index in [4.69, 9.17) is 9.47 Å². The smallest absolute Gasteiger partial charge is 0.347 e. The standard InChI is InChI=1S/C25H23N3O5/c1-16-12-14-18(15-13-16)26-23(29)24(30)28-27-17(2)19-8-4-7-11-22(19)33-25(31)20-9-5-6-10-21(20)32-3/h4-15H,1-3H3,(H,26,29)(H,28,30). The number of hydrazone groups is 1. The van der Waals surface area contributed by atoms with Crippen molar-refractivity contribution in [3.63, 3.8) is 0 Å². The van der Waals surface area contributed by atoms with Gasteiger partial charge in [-0.05, 0) is 50.2 Å². The topological polar surface area (TPSA) is 106 Å². The number of nitrogens with one attached hydrogen (secondary N) is 2. The fourth-order valence-electron chi connectivity index (χ4n) is 2.89. The number of esters is 1. The predicted molar refractivity (Wildman–Crippen MR) is 125 cm³/mol. The molecule has 0 aliphatic rings. The van der Waals surface area contributed by atoms with Crippen LogP contribution in [0.4, 0.5) is 5.69 Å². The highest BCUT2D eigenvalue weighted by Gasteiger charge is 2.17. The van der Waals surface area contributed by atoms with Gasteiger partial charge in [0, 0.05) is 11.3 Å². The molecule has 0 heterocycles. The lowest BCUT2D eigenvalue weighted by atomic mass is 10.1. The predicted octanol–water partition coefficient (Wildman–Crippen LogP) is 3.70. The van der Waals surface area contributed by atoms with E-state index in [1.807, 2.05) is 19.1 Å². The average Bonchev–Trinajstić information content (AvgIpc) is 2.83. The van der Waals surface area contributed by atoms with Crippen LogP contribution in [0.3, 0.4) is 0 Å². The second-order valence-corrected chi connectivity index (χ2v) is 7.04. The zero-order valence-electron chi connectivity index (χ0n) is 18.4. The lowest BCUT2D eigenvalue weighted by Crippen LogP contribution is -2.33. The molecule has 0 saturated heterocycles. The molecular formula is C25H23N3O5. The number of benzene rings is 3. The van der Waals surface area contributed by atoms with Gasteiger partial charge in [0.1, 0.15) is 17.1 Å². The molecule has 0 aliphatic carbocycles. The molecule has 0 radical (unpaired) electrons. The number of methoxy groups -OCH3 is 1. The van der Waals surface area contributed by atoms with Crippen LogP contribution in [0.15, 0.2) is 77.9 Å². The summed E-state index contributed by atoms with van der Waals surface area (Å²) in [5.74, 6) is -1.76. The van der Waals surface area contributed by atoms with Gasteiger partial charge in [0.15, 0.2) is 0 Å². The minimum absolute atomic E-state index is 0.244. The van der Waals surface area contributed by atoms with Crippen LogP contribution in [0.25, 0.3) is 0 Å². The van der Waals surface area contributed by atoms with Gasteiger partial charge < -0.3 is 14.8 Å². The Bertz CT molecular complexity index is 1200. The van der Waals surface area contributed by atoms with E-state index in [0.717, 1.165) is 5.56 Å². The third-order valence-electron chi connectivity index (χ3n) is 4.65. The van der Waals surface area contributed by atoms with E-state index < -0.39 is 17.8 Å². The van der Waals surface area contributed by atoms with Gasteiger partial charge in [0.2, 0.25) is 0 Å². The maximum absolute atomic E-state index is 12.7. The molecule has 8 heteroatoms. The summed E-state index contributed by atoms with van der Waals surface area (Å²) in [6.45, 7) is 3.54. The van der Waals surface area contributed by atoms with Crippen LogP contribution >= 0.6 is 0 Å². The fraction of sp³-hybridized carbons (Fsp3) is 0.120. The molecule has 3 rings (SSSR count). The molecule has 2 amide bonds. The normalized spacial score (nSPS) is 10.8. The number of amides is 2. The summed E-state index contributed by atoms with van der Waals surface area (Å²) >= 11 is 0. The van der Waals surface area contributed by atoms with Crippen molar-refractivity contribution < 1.29 is 23.9 Å². The van der Waals surface area contributed by atoms with Gasteiger partial charge in [-0.25, -0.2) is 10.2 Å². The first-order chi connectivity index (χ1) is 15.9. The van der Waals surface area contributed by atoms with Gasteiger partial charge in [-0.15, -0.1) is 0 Å². The molecule has 0 unspecified atom stereocenters. The second-order valence-electron chi connectivity index (χ2n) is 7.04. The number of anilines is 1. The second kappa shape index (κ2) is 10.7. The third-order valence-corrected chi connectivity index (χ3v) is 4.65. The lowest BCUT2D eigenvalue weighted by molar-refractivity contribution is -0.136. The maximum atomic E-state index is 12.7. The Kier molecular flexibility index (Phi) is 7.54. The Hall–Kier alpha value is -4.46. The van der Waals surface area contributed by atoms with E-state index >= 15 is 0 Å². The number of hydrogen-bond acceptors (Lipinski definition) is 6. The molecule has 0 atom stereocenters. The first-order valence-electron chi connectivity index (χ1n) is 10.1. The van der Waals surface area contributed by atoms with E-state index in [0.29, 0.717) is 22.7 Å². The maximum Gasteiger partial charge on any atom is 0.347 e. The van der Waals surface area contributed by atoms with Crippen molar-refractivity contribution in [2.75, 3.05) is 12.4 Å². The van der Waals surface area contributed by atoms with Gasteiger partial charge in [-0.3, -0.25) is 9.59 Å². The molecule has 0 saturated carbocycles. The Morgan fingerprint density at radius 3 is 2.06 bits per heavy atom. The quantitative estimate of drug-likeness (QED) is 0.198. The summed E-state index contributed by atoms with van der Waals surface area (Å²) < 4.78 is 10.8. The van der Waals surface area contributed by atoms with E-state index in [-0.39, 0.29) is 11.3 Å². The molecule has 0 bridgehead atoms. The van der Waals surface area contributed by atoms with Crippen molar-refractivity contribution in [2.45, 2.75) is 13.8 Å². The highest BCUT2D eigenvalue weighted by molar-refractivity contribution is 6.39. The van der Waals surface area contributed by atoms with E-state index in [1.165, 1.54) is 7.11 Å². The van der Waals surface area contributed by atoms with Crippen molar-refractivity contribution in [1.29, 1.82) is 0 Å². The van der Waals surface area contributed by atoms with Crippen molar-refractivity contribution in [3.05, 3.63) is 89.5 Å². The number of nitrogens with zero attached hydrogens (tertiary/aromatic N) is 1. The van der Waals surface area contributed by atoms with Crippen molar-refractivity contribution in [2.24, 2.45) is 5.10 Å². The summed E-state index contributed by atoms with van der Waals surface area (Å²) in [6, 6.07) is 20.5. The molecule has 3 aromatic rings. The van der Waals surface area contributed by atoms with Crippen LogP contribution in [-0.2, 0) is 9.59 Å². The Labute approximate surface area is 191 Å². The number of ether oxygens (including phenoxy) is 2. The van der Waals surface area contributed by atoms with Crippen LogP contribution in [0, 0.1) is 6.92 Å². The Morgan fingerprint density at radius 1 is 0.788 bits per heavy atom. The Morgan fingerprint density at radius 2 is 1.39 bits per heavy atom. The number of carbonyl (C=O) groups excluding carboxylic acids is 3. The molecule has 168 valence electrons. The first kappa shape index (κ1) is 23.2. The number of para-hydroxylation sites is 2. The number of aryl methyl sites for hydroxylation is 1. The number of rotatable bonds is 6. The van der Waals surface area contributed by atoms with Gasteiger partial charge in [-0.1, -0.05) is 42.0 Å². The molecule has 8 nitrogen and oxygen atoms in total. The average molecular weight is 445 g/mol. The molecule has 2 N–H and O–H groups in total. The highest BCUT2D eigenvalue weighted by atomic mass is 16.5. The summed E-state index contributed by atoms with van der Waals surface area (Å²) in [5, 5.41) is 6.48. The summed E-state index contributed by atoms with van der Waals surface area (Å²) in [6.07, 6.45) is 0. The fourth-order valence-corrected chi connectivity index (χ4v) is 2.89. The minimum atomic E-state index is -0.932. The zero-order chi connectivity index (χ0) is 23.8. The SMILES string of the molecule is COc1ccccc1C(=O)Oc1ccccc1C(C)=NNC(=O)C(=O)Nc1ccc(C)cc1. The van der Waals surface area contributed by atoms with Crippen LogP contribution in [-0.4, -0.2) is 30.6 Å². The molecule has 33 heavy (non-hydrogen) atoms. The zero-order valence-corrected chi connectivity index (χ0v) is 18.4. The van der Waals surface area contributed by atoms with Crippen LogP contribution in [0.2, 0.25) is 0 Å². The van der Waals surface area contributed by atoms with Gasteiger partial charge in [0.25, 0.3) is 0 Å². The lowest BCUT2D eigenvalue weighted by Gasteiger charge is -2.11. The van der Waals surface area contributed by atoms with Crippen LogP contribution in [0.1, 0.15) is 28.4 Å². The monoisotopic (exact) mass is 445 g/mol. The molecular weight excluding hydrogens is 422 g/mol. The first-order valence-corrected chi connectivity index (χ1v) is 10.1. The van der Waals surface area contributed by atoms with Crippen molar-refractivity contribution in [1.82, 2.24) is 5.43 Å².